The summed E-state index contributed by atoms with van der Waals surface area (Å²) in [5.41, 5.74) is -0.585. The number of aliphatic carboxylic acids is 1. The molecule has 3 atom stereocenters. The average Bonchev–Trinajstić information content (AvgIpc) is 2.92. The van der Waals surface area contributed by atoms with Gasteiger partial charge in [-0.1, -0.05) is 30.3 Å². The van der Waals surface area contributed by atoms with E-state index in [1.54, 1.807) is 24.3 Å². The Labute approximate surface area is 124 Å². The molecular weight excluding hydrogens is 291 g/mol. The van der Waals surface area contributed by atoms with Crippen molar-refractivity contribution >= 4 is 13.3 Å². The van der Waals surface area contributed by atoms with E-state index in [4.69, 9.17) is 4.74 Å². The highest BCUT2D eigenvalue weighted by atomic mass is 31.2. The van der Waals surface area contributed by atoms with Crippen molar-refractivity contribution < 1.29 is 24.1 Å². The molecule has 0 aromatic heterocycles. The number of carboxylic acid groups (broad SMARTS) is 1. The molecule has 21 heavy (non-hydrogen) atoms. The molecule has 3 unspecified atom stereocenters. The van der Waals surface area contributed by atoms with Crippen LogP contribution in [0.15, 0.2) is 30.3 Å². The summed E-state index contributed by atoms with van der Waals surface area (Å²) in [5, 5.41) is 9.51. The molecular formula is C15H21O5P. The first-order valence-electron chi connectivity index (χ1n) is 7.03. The minimum atomic E-state index is -3.60. The molecule has 1 aliphatic heterocycles. The van der Waals surface area contributed by atoms with Crippen molar-refractivity contribution in [2.24, 2.45) is 5.41 Å². The summed E-state index contributed by atoms with van der Waals surface area (Å²) in [4.78, 5) is 21.9. The molecule has 0 bridgehead atoms. The molecule has 0 spiro atoms. The number of hydrogen-bond acceptors (Lipinski definition) is 3. The molecule has 0 amide bonds. The Balaban J connectivity index is 2.15. The van der Waals surface area contributed by atoms with Gasteiger partial charge >= 0.3 is 5.97 Å². The molecule has 1 aromatic carbocycles. The van der Waals surface area contributed by atoms with Crippen LogP contribution in [0.1, 0.15) is 25.3 Å². The second-order valence-corrected chi connectivity index (χ2v) is 8.20. The van der Waals surface area contributed by atoms with E-state index in [1.807, 2.05) is 6.07 Å². The summed E-state index contributed by atoms with van der Waals surface area (Å²) in [6.07, 6.45) is 0.639. The smallest absolute Gasteiger partial charge is 0.312 e. The van der Waals surface area contributed by atoms with Gasteiger partial charge in [-0.2, -0.15) is 0 Å². The molecule has 0 saturated carbocycles. The third kappa shape index (κ3) is 3.94. The van der Waals surface area contributed by atoms with Crippen molar-refractivity contribution in [3.63, 3.8) is 0 Å². The first-order chi connectivity index (χ1) is 9.83. The molecule has 1 fully saturated rings. The van der Waals surface area contributed by atoms with Crippen molar-refractivity contribution in [2.75, 3.05) is 12.8 Å². The maximum absolute atomic E-state index is 12.5. The molecule has 0 radical (unpaired) electrons. The fraction of sp³-hybridized carbons (Fsp3) is 0.533. The van der Waals surface area contributed by atoms with Crippen LogP contribution in [0.5, 0.6) is 0 Å². The van der Waals surface area contributed by atoms with Crippen molar-refractivity contribution in [3.05, 3.63) is 35.9 Å². The Hall–Kier alpha value is -1.16. The SMILES string of the molecule is CC(CP(=O)(O)Cc1ccccc1)(C(=O)O)C1CCCO1. The van der Waals surface area contributed by atoms with Crippen LogP contribution in [0.4, 0.5) is 0 Å². The standard InChI is InChI=1S/C15H21O5P/c1-15(14(16)17,13-8-5-9-20-13)11-21(18,19)10-12-6-3-2-4-7-12/h2-4,6-7,13H,5,8-11H2,1H3,(H,16,17)(H,18,19). The van der Waals surface area contributed by atoms with E-state index < -0.39 is 24.9 Å². The van der Waals surface area contributed by atoms with E-state index in [-0.39, 0.29) is 12.3 Å². The molecule has 2 N–H and O–H groups in total. The van der Waals surface area contributed by atoms with Gasteiger partial charge in [-0.15, -0.1) is 0 Å². The van der Waals surface area contributed by atoms with Crippen LogP contribution in [0, 0.1) is 5.41 Å². The van der Waals surface area contributed by atoms with Crippen LogP contribution in [0.25, 0.3) is 0 Å². The van der Waals surface area contributed by atoms with Gasteiger partial charge in [-0.25, -0.2) is 0 Å². The first kappa shape index (κ1) is 16.2. The van der Waals surface area contributed by atoms with Crippen LogP contribution in [0.3, 0.4) is 0 Å². The van der Waals surface area contributed by atoms with E-state index in [1.165, 1.54) is 6.92 Å². The van der Waals surface area contributed by atoms with Gasteiger partial charge in [0.15, 0.2) is 0 Å². The van der Waals surface area contributed by atoms with E-state index >= 15 is 0 Å². The molecule has 116 valence electrons. The lowest BCUT2D eigenvalue weighted by Crippen LogP contribution is -2.42. The summed E-state index contributed by atoms with van der Waals surface area (Å²) >= 11 is 0. The lowest BCUT2D eigenvalue weighted by molar-refractivity contribution is -0.153. The van der Waals surface area contributed by atoms with Crippen LogP contribution in [-0.2, 0) is 20.3 Å². The predicted octanol–water partition coefficient (Wildman–Crippen LogP) is 2.73. The minimum Gasteiger partial charge on any atom is -0.481 e. The lowest BCUT2D eigenvalue weighted by atomic mass is 9.85. The van der Waals surface area contributed by atoms with Crippen LogP contribution in [0.2, 0.25) is 0 Å². The Morgan fingerprint density at radius 2 is 2.10 bits per heavy atom. The quantitative estimate of drug-likeness (QED) is 0.789. The van der Waals surface area contributed by atoms with Gasteiger partial charge in [0, 0.05) is 18.9 Å². The monoisotopic (exact) mass is 312 g/mol. The molecule has 1 aliphatic rings. The van der Waals surface area contributed by atoms with Gasteiger partial charge < -0.3 is 14.7 Å². The van der Waals surface area contributed by atoms with E-state index in [0.29, 0.717) is 13.0 Å². The zero-order valence-corrected chi connectivity index (χ0v) is 13.0. The third-order valence-electron chi connectivity index (χ3n) is 3.98. The molecule has 1 saturated heterocycles. The molecule has 2 rings (SSSR count). The van der Waals surface area contributed by atoms with E-state index in [2.05, 4.69) is 0 Å². The normalized spacial score (nSPS) is 24.2. The molecule has 5 nitrogen and oxygen atoms in total. The molecule has 1 aromatic rings. The third-order valence-corrected chi connectivity index (χ3v) is 5.99. The number of benzene rings is 1. The zero-order chi connectivity index (χ0) is 15.5. The van der Waals surface area contributed by atoms with Crippen molar-refractivity contribution in [2.45, 2.75) is 32.0 Å². The lowest BCUT2D eigenvalue weighted by Gasteiger charge is -2.32. The highest BCUT2D eigenvalue weighted by molar-refractivity contribution is 7.57. The number of carboxylic acids is 1. The van der Waals surface area contributed by atoms with Crippen molar-refractivity contribution in [3.8, 4) is 0 Å². The molecule has 6 heteroatoms. The Bertz CT molecular complexity index is 538. The zero-order valence-electron chi connectivity index (χ0n) is 12.1. The number of hydrogen-bond donors (Lipinski definition) is 2. The maximum atomic E-state index is 12.5. The fourth-order valence-electron chi connectivity index (χ4n) is 2.83. The van der Waals surface area contributed by atoms with Gasteiger partial charge in [0.25, 0.3) is 0 Å². The van der Waals surface area contributed by atoms with Crippen molar-refractivity contribution in [1.29, 1.82) is 0 Å². The van der Waals surface area contributed by atoms with Crippen LogP contribution in [-0.4, -0.2) is 34.8 Å². The Morgan fingerprint density at radius 1 is 1.43 bits per heavy atom. The van der Waals surface area contributed by atoms with Crippen LogP contribution >= 0.6 is 7.37 Å². The summed E-state index contributed by atoms with van der Waals surface area (Å²) in [7, 11) is -3.60. The fourth-order valence-corrected chi connectivity index (χ4v) is 5.08. The van der Waals surface area contributed by atoms with Gasteiger partial charge in [0.1, 0.15) is 5.41 Å². The average molecular weight is 312 g/mol. The van der Waals surface area contributed by atoms with Gasteiger partial charge in [0.05, 0.1) is 6.10 Å². The van der Waals surface area contributed by atoms with E-state index in [9.17, 15) is 19.4 Å². The van der Waals surface area contributed by atoms with Crippen LogP contribution < -0.4 is 0 Å². The second kappa shape index (κ2) is 6.30. The maximum Gasteiger partial charge on any atom is 0.312 e. The number of carbonyl (C=O) groups is 1. The summed E-state index contributed by atoms with van der Waals surface area (Å²) in [5.74, 6) is -1.07. The van der Waals surface area contributed by atoms with Gasteiger partial charge in [-0.05, 0) is 25.3 Å². The van der Waals surface area contributed by atoms with Gasteiger partial charge in [0.2, 0.25) is 7.37 Å². The minimum absolute atomic E-state index is 0.0105. The summed E-state index contributed by atoms with van der Waals surface area (Å²) < 4.78 is 18.0. The number of ether oxygens (including phenoxy) is 1. The Kier molecular flexibility index (Phi) is 4.87. The van der Waals surface area contributed by atoms with E-state index in [0.717, 1.165) is 12.0 Å². The largest absolute Gasteiger partial charge is 0.481 e. The highest BCUT2D eigenvalue weighted by Crippen LogP contribution is 2.51. The van der Waals surface area contributed by atoms with Gasteiger partial charge in [-0.3, -0.25) is 9.36 Å². The summed E-state index contributed by atoms with van der Waals surface area (Å²) in [6.45, 7) is 2.03. The summed E-state index contributed by atoms with van der Waals surface area (Å²) in [6, 6.07) is 8.97. The molecule has 0 aliphatic carbocycles. The highest BCUT2D eigenvalue weighted by Gasteiger charge is 2.48. The second-order valence-electron chi connectivity index (χ2n) is 5.87. The first-order valence-corrected chi connectivity index (χ1v) is 9.06. The Morgan fingerprint density at radius 3 is 2.62 bits per heavy atom. The van der Waals surface area contributed by atoms with Crippen molar-refractivity contribution in [1.82, 2.24) is 0 Å². The number of rotatable bonds is 6. The predicted molar refractivity (Wildman–Crippen MR) is 79.6 cm³/mol. The molecule has 1 heterocycles. The topological polar surface area (TPSA) is 83.8 Å².